The number of Topliss-reactive ketones (excluding diaryl/α,β-unsaturated/α-hetero) is 1. The summed E-state index contributed by atoms with van der Waals surface area (Å²) < 4.78 is 0. The Labute approximate surface area is 144 Å². The summed E-state index contributed by atoms with van der Waals surface area (Å²) in [6.45, 7) is 4.28. The van der Waals surface area contributed by atoms with Crippen LogP contribution >= 0.6 is 27.5 Å². The molecule has 0 heterocycles. The Balaban J connectivity index is 2.06. The number of carbonyl (C=O) groups is 1. The highest BCUT2D eigenvalue weighted by molar-refractivity contribution is 9.09. The van der Waals surface area contributed by atoms with Crippen LogP contribution in [-0.4, -0.2) is 5.78 Å². The van der Waals surface area contributed by atoms with E-state index in [2.05, 4.69) is 35.9 Å². The van der Waals surface area contributed by atoms with Crippen molar-refractivity contribution in [3.05, 3.63) is 81.9 Å². The first kappa shape index (κ1) is 15.5. The highest BCUT2D eigenvalue weighted by Crippen LogP contribution is 2.42. The normalized spacial score (nSPS) is 17.6. The lowest BCUT2D eigenvalue weighted by molar-refractivity contribution is 0.102. The molecule has 1 nitrogen and oxygen atoms in total. The van der Waals surface area contributed by atoms with E-state index in [-0.39, 0.29) is 16.0 Å². The molecule has 1 aliphatic carbocycles. The fourth-order valence-electron chi connectivity index (χ4n) is 2.93. The van der Waals surface area contributed by atoms with Crippen LogP contribution in [-0.2, 0) is 5.41 Å². The molecule has 0 spiro atoms. The number of hydrogen-bond acceptors (Lipinski definition) is 1. The Morgan fingerprint density at radius 3 is 2.36 bits per heavy atom. The quantitative estimate of drug-likeness (QED) is 0.599. The number of carbonyl (C=O) groups excluding carboxylic acids is 1. The van der Waals surface area contributed by atoms with Gasteiger partial charge in [-0.05, 0) is 23.3 Å². The van der Waals surface area contributed by atoms with Crippen LogP contribution in [0.25, 0.3) is 0 Å². The molecular formula is C19H16BrClO. The smallest absolute Gasteiger partial charge is 0.190 e. The summed E-state index contributed by atoms with van der Waals surface area (Å²) in [5.41, 5.74) is 3.52. The van der Waals surface area contributed by atoms with Gasteiger partial charge < -0.3 is 0 Å². The maximum absolute atomic E-state index is 12.9. The fourth-order valence-corrected chi connectivity index (χ4v) is 3.70. The van der Waals surface area contributed by atoms with Gasteiger partial charge in [0.25, 0.3) is 0 Å². The first-order chi connectivity index (χ1) is 10.4. The predicted octanol–water partition coefficient (Wildman–Crippen LogP) is 5.88. The van der Waals surface area contributed by atoms with Crippen LogP contribution in [0, 0.1) is 0 Å². The van der Waals surface area contributed by atoms with Crippen LogP contribution < -0.4 is 0 Å². The van der Waals surface area contributed by atoms with Crippen LogP contribution in [0.5, 0.6) is 0 Å². The van der Waals surface area contributed by atoms with Gasteiger partial charge in [0.2, 0.25) is 0 Å². The summed E-state index contributed by atoms with van der Waals surface area (Å²) in [6, 6.07) is 15.4. The van der Waals surface area contributed by atoms with Gasteiger partial charge in [0.15, 0.2) is 5.78 Å². The molecule has 0 saturated carbocycles. The molecule has 0 aliphatic heterocycles. The highest BCUT2D eigenvalue weighted by Gasteiger charge is 2.34. The van der Waals surface area contributed by atoms with E-state index in [1.165, 1.54) is 0 Å². The van der Waals surface area contributed by atoms with Gasteiger partial charge in [0, 0.05) is 21.6 Å². The number of hydrogen-bond donors (Lipinski definition) is 0. The van der Waals surface area contributed by atoms with Gasteiger partial charge >= 0.3 is 0 Å². The van der Waals surface area contributed by atoms with Crippen molar-refractivity contribution in [2.24, 2.45) is 0 Å². The van der Waals surface area contributed by atoms with Crippen molar-refractivity contribution in [1.29, 1.82) is 0 Å². The van der Waals surface area contributed by atoms with Crippen molar-refractivity contribution in [1.82, 2.24) is 0 Å². The van der Waals surface area contributed by atoms with Gasteiger partial charge in [-0.2, -0.15) is 0 Å². The molecule has 0 bridgehead atoms. The molecule has 0 saturated heterocycles. The Morgan fingerprint density at radius 2 is 1.68 bits per heavy atom. The molecule has 3 heteroatoms. The fraction of sp³-hybridized carbons (Fsp3) is 0.211. The zero-order chi connectivity index (χ0) is 15.9. The molecule has 3 rings (SSSR count). The van der Waals surface area contributed by atoms with Crippen molar-refractivity contribution in [2.45, 2.75) is 24.1 Å². The molecule has 0 radical (unpaired) electrons. The molecule has 0 fully saturated rings. The molecule has 0 aromatic heterocycles. The number of fused-ring (bicyclic) bond motifs is 1. The molecule has 0 N–H and O–H groups in total. The lowest BCUT2D eigenvalue weighted by Gasteiger charge is -2.31. The maximum atomic E-state index is 12.9. The second-order valence-electron chi connectivity index (χ2n) is 6.11. The topological polar surface area (TPSA) is 17.1 Å². The molecular weight excluding hydrogens is 360 g/mol. The Kier molecular flexibility index (Phi) is 4.00. The zero-order valence-corrected chi connectivity index (χ0v) is 14.8. The van der Waals surface area contributed by atoms with E-state index in [1.54, 1.807) is 0 Å². The average molecular weight is 376 g/mol. The van der Waals surface area contributed by atoms with Gasteiger partial charge in [-0.25, -0.2) is 0 Å². The first-order valence-corrected chi connectivity index (χ1v) is 8.46. The standard InChI is InChI=1S/C19H16BrClO/c1-19(2)11-15(17(20)12-7-9-13(21)10-8-12)18(22)14-5-3-4-6-16(14)19/h3-11,17H,1-2H3. The number of halogens is 2. The second kappa shape index (κ2) is 5.68. The van der Waals surface area contributed by atoms with Crippen molar-refractivity contribution in [3.63, 3.8) is 0 Å². The minimum atomic E-state index is -0.168. The Bertz CT molecular complexity index is 759. The van der Waals surface area contributed by atoms with Crippen LogP contribution in [0.3, 0.4) is 0 Å². The van der Waals surface area contributed by atoms with E-state index in [4.69, 9.17) is 11.6 Å². The summed E-state index contributed by atoms with van der Waals surface area (Å²) in [4.78, 5) is 12.7. The maximum Gasteiger partial charge on any atom is 0.190 e. The van der Waals surface area contributed by atoms with Crippen LogP contribution in [0.4, 0.5) is 0 Å². The number of ketones is 1. The van der Waals surface area contributed by atoms with Crippen molar-refractivity contribution in [2.75, 3.05) is 0 Å². The summed E-state index contributed by atoms with van der Waals surface area (Å²) in [7, 11) is 0. The Morgan fingerprint density at radius 1 is 1.05 bits per heavy atom. The zero-order valence-electron chi connectivity index (χ0n) is 12.4. The van der Waals surface area contributed by atoms with Gasteiger partial charge in [-0.1, -0.05) is 83.9 Å². The largest absolute Gasteiger partial charge is 0.289 e. The Hall–Kier alpha value is -1.38. The minimum absolute atomic E-state index is 0.0896. The summed E-state index contributed by atoms with van der Waals surface area (Å²) in [5.74, 6) is 0.0896. The molecule has 1 atom stereocenters. The molecule has 2 aromatic carbocycles. The SMILES string of the molecule is CC1(C)C=C(C(Br)c2ccc(Cl)cc2)C(=O)c2ccccc21. The van der Waals surface area contributed by atoms with Crippen molar-refractivity contribution >= 4 is 33.3 Å². The molecule has 112 valence electrons. The van der Waals surface area contributed by atoms with Crippen molar-refractivity contribution in [3.8, 4) is 0 Å². The third-order valence-electron chi connectivity index (χ3n) is 4.08. The van der Waals surface area contributed by atoms with Crippen LogP contribution in [0.15, 0.2) is 60.2 Å². The van der Waals surface area contributed by atoms with Gasteiger partial charge in [-0.3, -0.25) is 4.79 Å². The van der Waals surface area contributed by atoms with Crippen molar-refractivity contribution < 1.29 is 4.79 Å². The number of benzene rings is 2. The van der Waals surface area contributed by atoms with E-state index >= 15 is 0 Å². The van der Waals surface area contributed by atoms with Gasteiger partial charge in [-0.15, -0.1) is 0 Å². The second-order valence-corrected chi connectivity index (χ2v) is 7.46. The van der Waals surface area contributed by atoms with E-state index in [0.29, 0.717) is 5.02 Å². The highest BCUT2D eigenvalue weighted by atomic mass is 79.9. The monoisotopic (exact) mass is 374 g/mol. The molecule has 1 aliphatic rings. The number of allylic oxidation sites excluding steroid dienone is 2. The van der Waals surface area contributed by atoms with E-state index < -0.39 is 0 Å². The van der Waals surface area contributed by atoms with E-state index in [0.717, 1.165) is 22.3 Å². The molecule has 0 amide bonds. The first-order valence-electron chi connectivity index (χ1n) is 7.16. The van der Waals surface area contributed by atoms with E-state index in [9.17, 15) is 4.79 Å². The molecule has 2 aromatic rings. The predicted molar refractivity (Wildman–Crippen MR) is 95.0 cm³/mol. The lowest BCUT2D eigenvalue weighted by atomic mass is 9.73. The number of rotatable bonds is 2. The minimum Gasteiger partial charge on any atom is -0.289 e. The van der Waals surface area contributed by atoms with Crippen LogP contribution in [0.1, 0.15) is 40.2 Å². The average Bonchev–Trinajstić information content (AvgIpc) is 2.51. The summed E-state index contributed by atoms with van der Waals surface area (Å²) in [5, 5.41) is 0.693. The van der Waals surface area contributed by atoms with Gasteiger partial charge in [0.1, 0.15) is 0 Å². The molecule has 22 heavy (non-hydrogen) atoms. The summed E-state index contributed by atoms with van der Waals surface area (Å²) in [6.07, 6.45) is 2.08. The number of alkyl halides is 1. The third-order valence-corrected chi connectivity index (χ3v) is 5.35. The van der Waals surface area contributed by atoms with Crippen LogP contribution in [0.2, 0.25) is 5.02 Å². The summed E-state index contributed by atoms with van der Waals surface area (Å²) >= 11 is 9.63. The lowest BCUT2D eigenvalue weighted by Crippen LogP contribution is -2.27. The van der Waals surface area contributed by atoms with E-state index in [1.807, 2.05) is 48.5 Å². The third kappa shape index (κ3) is 2.66. The van der Waals surface area contributed by atoms with Gasteiger partial charge in [0.05, 0.1) is 4.83 Å². The molecule has 1 unspecified atom stereocenters.